The smallest absolute Gasteiger partial charge is 0.398 e. The molecule has 1 aliphatic heterocycles. The summed E-state index contributed by atoms with van der Waals surface area (Å²) in [5.74, 6) is -0.905. The first-order valence-electron chi connectivity index (χ1n) is 6.41. The maximum atomic E-state index is 13.7. The van der Waals surface area contributed by atoms with E-state index in [9.17, 15) is 13.2 Å². The molecule has 20 heavy (non-hydrogen) atoms. The molecule has 2 rings (SSSR count). The van der Waals surface area contributed by atoms with Crippen LogP contribution in [0.2, 0.25) is 0 Å². The fraction of sp³-hybridized carbons (Fsp3) is 0.615. The number of alkyl halides is 2. The third-order valence-electron chi connectivity index (χ3n) is 3.82. The number of hydrogen-bond donors (Lipinski definition) is 0. The number of nitrogens with zero attached hydrogens (tertiary/aromatic N) is 1. The predicted octanol–water partition coefficient (Wildman–Crippen LogP) is 2.33. The zero-order valence-electron chi connectivity index (χ0n) is 11.9. The van der Waals surface area contributed by atoms with Crippen LogP contribution in [-0.2, 0) is 15.7 Å². The molecule has 0 saturated carbocycles. The summed E-state index contributed by atoms with van der Waals surface area (Å²) >= 11 is 0. The van der Waals surface area contributed by atoms with Crippen LogP contribution in [0.3, 0.4) is 0 Å². The summed E-state index contributed by atoms with van der Waals surface area (Å²) in [7, 11) is -0.796. The van der Waals surface area contributed by atoms with Crippen LogP contribution in [-0.4, -0.2) is 29.7 Å². The predicted molar refractivity (Wildman–Crippen MR) is 69.6 cm³/mol. The monoisotopic (exact) mass is 287 g/mol. The number of halogens is 3. The molecule has 1 aromatic heterocycles. The molecule has 0 aliphatic carbocycles. The lowest BCUT2D eigenvalue weighted by Gasteiger charge is -2.32. The molecule has 0 N–H and O–H groups in total. The van der Waals surface area contributed by atoms with Crippen LogP contribution in [0.4, 0.5) is 13.2 Å². The fourth-order valence-electron chi connectivity index (χ4n) is 1.89. The molecule has 0 aromatic carbocycles. The van der Waals surface area contributed by atoms with E-state index in [1.165, 1.54) is 12.1 Å². The summed E-state index contributed by atoms with van der Waals surface area (Å²) in [5, 5.41) is 0. The number of aromatic nitrogens is 1. The van der Waals surface area contributed by atoms with Crippen molar-refractivity contribution in [2.45, 2.75) is 51.7 Å². The maximum Gasteiger partial charge on any atom is 0.514 e. The summed E-state index contributed by atoms with van der Waals surface area (Å²) in [4.78, 5) is 3.69. The molecule has 3 nitrogen and oxygen atoms in total. The highest BCUT2D eigenvalue weighted by atomic mass is 19.3. The lowest BCUT2D eigenvalue weighted by Crippen LogP contribution is -2.41. The van der Waals surface area contributed by atoms with Gasteiger partial charge in [-0.15, -0.1) is 0 Å². The molecule has 7 heteroatoms. The van der Waals surface area contributed by atoms with Crippen LogP contribution in [0.5, 0.6) is 0 Å². The van der Waals surface area contributed by atoms with E-state index in [0.717, 1.165) is 0 Å². The van der Waals surface area contributed by atoms with E-state index in [4.69, 9.17) is 9.31 Å². The number of hydrogen-bond acceptors (Lipinski definition) is 3. The van der Waals surface area contributed by atoms with E-state index in [1.54, 1.807) is 0 Å². The Balaban J connectivity index is 2.22. The van der Waals surface area contributed by atoms with Crippen LogP contribution in [0.1, 0.15) is 33.3 Å². The average Bonchev–Trinajstić information content (AvgIpc) is 2.50. The molecule has 2 heterocycles. The van der Waals surface area contributed by atoms with Crippen molar-refractivity contribution in [2.75, 3.05) is 0 Å². The minimum absolute atomic E-state index is 0.111. The van der Waals surface area contributed by atoms with Gasteiger partial charge in [-0.25, -0.2) is 13.8 Å². The van der Waals surface area contributed by atoms with Gasteiger partial charge in [0, 0.05) is 12.0 Å². The first-order chi connectivity index (χ1) is 9.12. The topological polar surface area (TPSA) is 31.4 Å². The van der Waals surface area contributed by atoms with E-state index < -0.39 is 37.1 Å². The van der Waals surface area contributed by atoms with Gasteiger partial charge >= 0.3 is 7.12 Å². The van der Waals surface area contributed by atoms with Crippen molar-refractivity contribution < 1.29 is 22.5 Å². The van der Waals surface area contributed by atoms with Crippen molar-refractivity contribution in [3.63, 3.8) is 0 Å². The van der Waals surface area contributed by atoms with E-state index in [1.807, 2.05) is 27.7 Å². The van der Waals surface area contributed by atoms with Crippen molar-refractivity contribution >= 4 is 12.7 Å². The Morgan fingerprint density at radius 3 is 2.15 bits per heavy atom. The molecule has 0 unspecified atom stereocenters. The lowest BCUT2D eigenvalue weighted by molar-refractivity contribution is 0.00578. The molecular formula is C13H17BF3NO2. The molecule has 1 fully saturated rings. The maximum absolute atomic E-state index is 13.7. The quantitative estimate of drug-likeness (QED) is 0.631. The molecule has 1 aromatic rings. The molecule has 0 spiro atoms. The third-order valence-corrected chi connectivity index (χ3v) is 3.82. The first kappa shape index (κ1) is 15.3. The Labute approximate surface area is 116 Å². The minimum Gasteiger partial charge on any atom is -0.398 e. The van der Waals surface area contributed by atoms with Gasteiger partial charge in [0.05, 0.1) is 16.8 Å². The van der Waals surface area contributed by atoms with Gasteiger partial charge in [0.25, 0.3) is 0 Å². The van der Waals surface area contributed by atoms with Crippen molar-refractivity contribution in [3.05, 3.63) is 23.6 Å². The molecule has 1 aliphatic rings. The van der Waals surface area contributed by atoms with Crippen LogP contribution in [0.15, 0.2) is 12.1 Å². The lowest BCUT2D eigenvalue weighted by atomic mass is 9.84. The Morgan fingerprint density at radius 1 is 1.15 bits per heavy atom. The molecule has 0 radical (unpaired) electrons. The largest absolute Gasteiger partial charge is 0.514 e. The summed E-state index contributed by atoms with van der Waals surface area (Å²) in [6, 6.07) is 2.76. The van der Waals surface area contributed by atoms with Crippen molar-refractivity contribution in [2.24, 2.45) is 0 Å². The molecular weight excluding hydrogens is 270 g/mol. The second-order valence-corrected chi connectivity index (χ2v) is 5.87. The van der Waals surface area contributed by atoms with Gasteiger partial charge in [-0.1, -0.05) is 6.07 Å². The SMILES string of the molecule is CC1(C)OB(c2ccc(CC(F)F)c(F)n2)OC1(C)C. The van der Waals surface area contributed by atoms with E-state index >= 15 is 0 Å². The van der Waals surface area contributed by atoms with Crippen LogP contribution < -0.4 is 5.59 Å². The van der Waals surface area contributed by atoms with Gasteiger partial charge in [-0.05, 0) is 33.8 Å². The van der Waals surface area contributed by atoms with Gasteiger partial charge in [0.1, 0.15) is 0 Å². The number of pyridine rings is 1. The van der Waals surface area contributed by atoms with E-state index in [-0.39, 0.29) is 11.2 Å². The van der Waals surface area contributed by atoms with Crippen molar-refractivity contribution in [1.29, 1.82) is 0 Å². The molecule has 0 bridgehead atoms. The van der Waals surface area contributed by atoms with E-state index in [0.29, 0.717) is 0 Å². The van der Waals surface area contributed by atoms with Crippen LogP contribution in [0.25, 0.3) is 0 Å². The Morgan fingerprint density at radius 2 is 1.70 bits per heavy atom. The van der Waals surface area contributed by atoms with Crippen LogP contribution >= 0.6 is 0 Å². The van der Waals surface area contributed by atoms with Gasteiger partial charge < -0.3 is 9.31 Å². The summed E-state index contributed by atoms with van der Waals surface area (Å²) in [6.45, 7) is 7.48. The number of rotatable bonds is 3. The van der Waals surface area contributed by atoms with Gasteiger partial charge in [-0.2, -0.15) is 4.39 Å². The standard InChI is InChI=1S/C13H17BF3NO2/c1-12(2)13(3,4)20-14(19-12)9-6-5-8(7-10(15)16)11(17)18-9/h5-6,10H,7H2,1-4H3. The van der Waals surface area contributed by atoms with Gasteiger partial charge in [0.2, 0.25) is 12.4 Å². The highest BCUT2D eigenvalue weighted by Crippen LogP contribution is 2.36. The fourth-order valence-corrected chi connectivity index (χ4v) is 1.89. The zero-order chi connectivity index (χ0) is 15.1. The Kier molecular flexibility index (Phi) is 3.86. The van der Waals surface area contributed by atoms with Gasteiger partial charge in [0.15, 0.2) is 0 Å². The summed E-state index contributed by atoms with van der Waals surface area (Å²) in [5.41, 5.74) is -0.978. The molecule has 0 amide bonds. The summed E-state index contributed by atoms with van der Waals surface area (Å²) < 4.78 is 49.7. The van der Waals surface area contributed by atoms with Gasteiger partial charge in [-0.3, -0.25) is 0 Å². The minimum atomic E-state index is -2.60. The second kappa shape index (κ2) is 5.04. The van der Waals surface area contributed by atoms with Crippen molar-refractivity contribution in [1.82, 2.24) is 4.98 Å². The molecule has 1 saturated heterocycles. The first-order valence-corrected chi connectivity index (χ1v) is 6.41. The molecule has 0 atom stereocenters. The Bertz CT molecular complexity index is 492. The van der Waals surface area contributed by atoms with Crippen LogP contribution in [0, 0.1) is 5.95 Å². The third kappa shape index (κ3) is 2.83. The second-order valence-electron chi connectivity index (χ2n) is 5.87. The highest BCUT2D eigenvalue weighted by molar-refractivity contribution is 6.61. The zero-order valence-corrected chi connectivity index (χ0v) is 11.9. The Hall–Kier alpha value is -1.08. The van der Waals surface area contributed by atoms with E-state index in [2.05, 4.69) is 4.98 Å². The normalized spacial score (nSPS) is 20.7. The highest BCUT2D eigenvalue weighted by Gasteiger charge is 2.52. The average molecular weight is 287 g/mol. The molecule has 110 valence electrons. The summed E-state index contributed by atoms with van der Waals surface area (Å²) in [6.07, 6.45) is -3.25. The van der Waals surface area contributed by atoms with Crippen molar-refractivity contribution in [3.8, 4) is 0 Å².